The average Bonchev–Trinajstić information content (AvgIpc) is 3.00. The highest BCUT2D eigenvalue weighted by molar-refractivity contribution is 6.14. The van der Waals surface area contributed by atoms with E-state index in [0.29, 0.717) is 5.78 Å². The van der Waals surface area contributed by atoms with Crippen molar-refractivity contribution >= 4 is 5.78 Å². The van der Waals surface area contributed by atoms with Crippen LogP contribution in [0.4, 0.5) is 0 Å². The Labute approximate surface area is 153 Å². The smallest absolute Gasteiger partial charge is 0.186 e. The number of allylic oxidation sites excluding steroid dienone is 7. The number of fused-ring (bicyclic) bond motifs is 1. The van der Waals surface area contributed by atoms with Gasteiger partial charge in [-0.05, 0) is 71.6 Å². The maximum Gasteiger partial charge on any atom is 0.186 e. The maximum absolute atomic E-state index is 13.4. The predicted molar refractivity (Wildman–Crippen MR) is 105 cm³/mol. The van der Waals surface area contributed by atoms with Crippen LogP contribution in [0.2, 0.25) is 0 Å². The first-order chi connectivity index (χ1) is 11.6. The fraction of sp³-hybridized carbons (Fsp3) is 0.583. The standard InChI is InChI=1S/C24H32O/c1-23(2,3)20-18-11-7-9-16-13-14-17(15-16)10-8-12-19(20)22(25)21(18)24(4,5)6/h13-14H,7-12H2,1-6H3. The second-order valence-electron chi connectivity index (χ2n) is 9.75. The number of Topliss-reactive ketones (excluding diaryl/α,β-unsaturated/α-hetero) is 1. The van der Waals surface area contributed by atoms with Gasteiger partial charge >= 0.3 is 0 Å². The molecule has 0 saturated heterocycles. The maximum atomic E-state index is 13.4. The van der Waals surface area contributed by atoms with Crippen LogP contribution in [-0.2, 0) is 4.79 Å². The SMILES string of the molecule is CC(C)(C)C1=C2CCCC3=C=C(C=C3)CCCC(=C2C(C)(C)C)C1=O. The molecule has 0 aromatic carbocycles. The van der Waals surface area contributed by atoms with Crippen LogP contribution < -0.4 is 0 Å². The van der Waals surface area contributed by atoms with Crippen molar-refractivity contribution in [2.75, 3.05) is 0 Å². The number of carbonyl (C=O) groups is 1. The van der Waals surface area contributed by atoms with E-state index in [-0.39, 0.29) is 10.8 Å². The summed E-state index contributed by atoms with van der Waals surface area (Å²) in [5, 5.41) is 0. The Bertz CT molecular complexity index is 760. The molecule has 0 fully saturated rings. The fourth-order valence-electron chi connectivity index (χ4n) is 4.59. The van der Waals surface area contributed by atoms with Gasteiger partial charge in [0.25, 0.3) is 0 Å². The van der Waals surface area contributed by atoms with Gasteiger partial charge in [-0.2, -0.15) is 0 Å². The summed E-state index contributed by atoms with van der Waals surface area (Å²) < 4.78 is 0. The molecule has 0 N–H and O–H groups in total. The summed E-state index contributed by atoms with van der Waals surface area (Å²) in [6, 6.07) is 0. The summed E-state index contributed by atoms with van der Waals surface area (Å²) >= 11 is 0. The van der Waals surface area contributed by atoms with Crippen molar-refractivity contribution in [3.05, 3.63) is 51.3 Å². The molecule has 0 aromatic heterocycles. The van der Waals surface area contributed by atoms with Gasteiger partial charge in [0.2, 0.25) is 0 Å². The van der Waals surface area contributed by atoms with E-state index in [0.717, 1.165) is 49.7 Å². The van der Waals surface area contributed by atoms with Crippen molar-refractivity contribution in [1.29, 1.82) is 0 Å². The van der Waals surface area contributed by atoms with Gasteiger partial charge in [0, 0.05) is 11.1 Å². The zero-order valence-electron chi connectivity index (χ0n) is 16.8. The van der Waals surface area contributed by atoms with Gasteiger partial charge in [0.1, 0.15) is 0 Å². The minimum Gasteiger partial charge on any atom is -0.289 e. The number of hydrogen-bond acceptors (Lipinski definition) is 1. The minimum absolute atomic E-state index is 0.0210. The van der Waals surface area contributed by atoms with E-state index in [4.69, 9.17) is 0 Å². The quantitative estimate of drug-likeness (QED) is 0.454. The predicted octanol–water partition coefficient (Wildman–Crippen LogP) is 6.63. The molecule has 1 nitrogen and oxygen atoms in total. The lowest BCUT2D eigenvalue weighted by atomic mass is 9.76. The molecular formula is C24H32O. The lowest BCUT2D eigenvalue weighted by molar-refractivity contribution is -0.113. The summed E-state index contributed by atoms with van der Waals surface area (Å²) in [5.74, 6) is 0.331. The third-order valence-electron chi connectivity index (χ3n) is 5.46. The largest absolute Gasteiger partial charge is 0.289 e. The minimum atomic E-state index is -0.0934. The summed E-state index contributed by atoms with van der Waals surface area (Å²) in [7, 11) is 0. The Morgan fingerprint density at radius 1 is 0.720 bits per heavy atom. The summed E-state index contributed by atoms with van der Waals surface area (Å²) in [6.45, 7) is 13.4. The third-order valence-corrected chi connectivity index (χ3v) is 5.46. The van der Waals surface area contributed by atoms with Crippen LogP contribution in [-0.4, -0.2) is 5.78 Å². The monoisotopic (exact) mass is 336 g/mol. The van der Waals surface area contributed by atoms with E-state index >= 15 is 0 Å². The van der Waals surface area contributed by atoms with E-state index in [1.54, 1.807) is 0 Å². The van der Waals surface area contributed by atoms with Crippen LogP contribution in [0.3, 0.4) is 0 Å². The number of carbonyl (C=O) groups excluding carboxylic acids is 1. The highest BCUT2D eigenvalue weighted by Crippen LogP contribution is 2.49. The van der Waals surface area contributed by atoms with Crippen molar-refractivity contribution in [3.8, 4) is 0 Å². The molecule has 4 bridgehead atoms. The van der Waals surface area contributed by atoms with Gasteiger partial charge in [0.05, 0.1) is 0 Å². The number of ketones is 1. The van der Waals surface area contributed by atoms with E-state index < -0.39 is 0 Å². The molecule has 25 heavy (non-hydrogen) atoms. The van der Waals surface area contributed by atoms with Crippen LogP contribution in [0.5, 0.6) is 0 Å². The molecule has 0 radical (unpaired) electrons. The highest BCUT2D eigenvalue weighted by Gasteiger charge is 2.40. The Morgan fingerprint density at radius 3 is 1.68 bits per heavy atom. The second-order valence-corrected chi connectivity index (χ2v) is 9.75. The third kappa shape index (κ3) is 3.53. The lowest BCUT2D eigenvalue weighted by Gasteiger charge is -2.27. The summed E-state index contributed by atoms with van der Waals surface area (Å²) in [6.07, 6.45) is 10.5. The molecule has 3 rings (SSSR count). The molecule has 134 valence electrons. The van der Waals surface area contributed by atoms with Gasteiger partial charge in [-0.3, -0.25) is 4.79 Å². The van der Waals surface area contributed by atoms with Crippen molar-refractivity contribution in [2.24, 2.45) is 10.8 Å². The first kappa shape index (κ1) is 18.2. The molecule has 0 atom stereocenters. The van der Waals surface area contributed by atoms with Crippen molar-refractivity contribution in [1.82, 2.24) is 0 Å². The highest BCUT2D eigenvalue weighted by atomic mass is 16.1. The lowest BCUT2D eigenvalue weighted by Crippen LogP contribution is -2.18. The van der Waals surface area contributed by atoms with Gasteiger partial charge in [-0.1, -0.05) is 53.7 Å². The summed E-state index contributed by atoms with van der Waals surface area (Å²) in [5.41, 5.74) is 11.0. The molecule has 1 heteroatoms. The van der Waals surface area contributed by atoms with E-state index in [2.05, 4.69) is 59.4 Å². The van der Waals surface area contributed by atoms with Crippen LogP contribution in [0, 0.1) is 10.8 Å². The van der Waals surface area contributed by atoms with Gasteiger partial charge < -0.3 is 0 Å². The van der Waals surface area contributed by atoms with Crippen molar-refractivity contribution in [2.45, 2.75) is 80.1 Å². The van der Waals surface area contributed by atoms with Crippen molar-refractivity contribution in [3.63, 3.8) is 0 Å². The molecule has 0 aliphatic heterocycles. The summed E-state index contributed by atoms with van der Waals surface area (Å²) in [4.78, 5) is 13.4. The Kier molecular flexibility index (Phi) is 4.58. The normalized spacial score (nSPS) is 22.1. The van der Waals surface area contributed by atoms with E-state index in [9.17, 15) is 4.79 Å². The molecule has 0 amide bonds. The zero-order chi connectivity index (χ0) is 18.4. The molecular weight excluding hydrogens is 304 g/mol. The first-order valence-corrected chi connectivity index (χ1v) is 9.78. The van der Waals surface area contributed by atoms with Crippen molar-refractivity contribution < 1.29 is 4.79 Å². The second kappa shape index (κ2) is 6.29. The van der Waals surface area contributed by atoms with Crippen LogP contribution >= 0.6 is 0 Å². The van der Waals surface area contributed by atoms with Crippen LogP contribution in [0.25, 0.3) is 0 Å². The topological polar surface area (TPSA) is 17.1 Å². The van der Waals surface area contributed by atoms with Gasteiger partial charge in [-0.25, -0.2) is 0 Å². The molecule has 0 unspecified atom stereocenters. The van der Waals surface area contributed by atoms with Crippen LogP contribution in [0.1, 0.15) is 80.1 Å². The molecule has 0 saturated carbocycles. The molecule has 0 aromatic rings. The first-order valence-electron chi connectivity index (χ1n) is 9.78. The average molecular weight is 337 g/mol. The Hall–Kier alpha value is -1.59. The van der Waals surface area contributed by atoms with E-state index in [1.807, 2.05) is 0 Å². The Morgan fingerprint density at radius 2 is 1.20 bits per heavy atom. The number of hydrogen-bond donors (Lipinski definition) is 0. The van der Waals surface area contributed by atoms with Gasteiger partial charge in [0.15, 0.2) is 5.78 Å². The molecule has 3 aliphatic carbocycles. The fourth-order valence-corrected chi connectivity index (χ4v) is 4.59. The molecule has 3 aliphatic rings. The van der Waals surface area contributed by atoms with Crippen LogP contribution in [0.15, 0.2) is 51.3 Å². The molecule has 0 heterocycles. The zero-order valence-corrected chi connectivity index (χ0v) is 16.8. The van der Waals surface area contributed by atoms with Gasteiger partial charge in [-0.15, -0.1) is 5.73 Å². The molecule has 0 spiro atoms. The Balaban J connectivity index is 2.09. The van der Waals surface area contributed by atoms with E-state index in [1.165, 1.54) is 22.3 Å². The number of rotatable bonds is 0.